The number of carbonyl (C=O) groups excluding carboxylic acids is 2. The maximum atomic E-state index is 12.8. The molecule has 0 unspecified atom stereocenters. The number of hydrogen-bond donors (Lipinski definition) is 1. The van der Waals surface area contributed by atoms with Gasteiger partial charge in [-0.3, -0.25) is 25.1 Å². The number of nitrogens with one attached hydrogen (secondary N) is 1. The van der Waals surface area contributed by atoms with Crippen LogP contribution in [0.3, 0.4) is 0 Å². The summed E-state index contributed by atoms with van der Waals surface area (Å²) >= 11 is 0. The molecule has 1 aliphatic rings. The molecule has 0 aromatic heterocycles. The van der Waals surface area contributed by atoms with Crippen molar-refractivity contribution in [1.82, 2.24) is 5.43 Å². The number of ether oxygens (including phenoxy) is 2. The second-order valence-electron chi connectivity index (χ2n) is 7.75. The van der Waals surface area contributed by atoms with Gasteiger partial charge in [0, 0.05) is 6.07 Å². The number of nitrogens with zero attached hydrogens (tertiary/aromatic N) is 2. The van der Waals surface area contributed by atoms with Gasteiger partial charge in [-0.2, -0.15) is 0 Å². The van der Waals surface area contributed by atoms with Gasteiger partial charge in [0.05, 0.1) is 17.2 Å². The summed E-state index contributed by atoms with van der Waals surface area (Å²) in [5.41, 5.74) is 2.09. The third kappa shape index (κ3) is 4.82. The number of hydrazine groups is 1. The van der Waals surface area contributed by atoms with E-state index in [2.05, 4.69) is 5.43 Å². The third-order valence-corrected chi connectivity index (χ3v) is 4.18. The Labute approximate surface area is 179 Å². The summed E-state index contributed by atoms with van der Waals surface area (Å²) in [6.07, 6.45) is 1.30. The summed E-state index contributed by atoms with van der Waals surface area (Å²) in [4.78, 5) is 36.3. The van der Waals surface area contributed by atoms with E-state index in [1.54, 1.807) is 58.0 Å². The zero-order chi connectivity index (χ0) is 22.8. The Hall–Kier alpha value is -3.88. The maximum Gasteiger partial charge on any atom is 0.315 e. The van der Waals surface area contributed by atoms with Crippen molar-refractivity contribution < 1.29 is 24.0 Å². The van der Waals surface area contributed by atoms with Gasteiger partial charge in [-0.25, -0.2) is 5.01 Å². The topological polar surface area (TPSA) is 111 Å². The van der Waals surface area contributed by atoms with Crippen LogP contribution in [0, 0.1) is 10.1 Å². The van der Waals surface area contributed by atoms with E-state index >= 15 is 0 Å². The Morgan fingerprint density at radius 2 is 1.84 bits per heavy atom. The average Bonchev–Trinajstić information content (AvgIpc) is 2.97. The minimum absolute atomic E-state index is 0.00499. The van der Waals surface area contributed by atoms with Crippen molar-refractivity contribution in [3.05, 3.63) is 63.7 Å². The highest BCUT2D eigenvalue weighted by Crippen LogP contribution is 2.41. The quantitative estimate of drug-likeness (QED) is 0.327. The number of hydrogen-bond acceptors (Lipinski definition) is 6. The molecule has 9 nitrogen and oxygen atoms in total. The number of benzene rings is 2. The monoisotopic (exact) mass is 425 g/mol. The zero-order valence-corrected chi connectivity index (χ0v) is 17.7. The van der Waals surface area contributed by atoms with E-state index < -0.39 is 22.3 Å². The number of anilines is 1. The SMILES string of the molecule is CCOc1cc(C=C2C(=O)NN(c3ccccc3)C2=O)cc([N+](=O)[O-])c1OC(C)(C)C. The molecule has 1 saturated heterocycles. The first-order valence-corrected chi connectivity index (χ1v) is 9.67. The number of amides is 2. The highest BCUT2D eigenvalue weighted by Gasteiger charge is 2.35. The molecule has 2 aromatic rings. The van der Waals surface area contributed by atoms with Crippen molar-refractivity contribution >= 4 is 29.3 Å². The normalized spacial score (nSPS) is 15.2. The van der Waals surface area contributed by atoms with Crippen LogP contribution < -0.4 is 19.9 Å². The lowest BCUT2D eigenvalue weighted by atomic mass is 10.1. The van der Waals surface area contributed by atoms with Crippen LogP contribution in [0.2, 0.25) is 0 Å². The molecule has 1 aliphatic heterocycles. The van der Waals surface area contributed by atoms with E-state index in [9.17, 15) is 19.7 Å². The highest BCUT2D eigenvalue weighted by molar-refractivity contribution is 6.31. The van der Waals surface area contributed by atoms with Gasteiger partial charge in [-0.05, 0) is 57.5 Å². The molecule has 0 aliphatic carbocycles. The van der Waals surface area contributed by atoms with Crippen molar-refractivity contribution in [2.45, 2.75) is 33.3 Å². The van der Waals surface area contributed by atoms with E-state index in [0.717, 1.165) is 5.01 Å². The third-order valence-electron chi connectivity index (χ3n) is 4.18. The fourth-order valence-electron chi connectivity index (χ4n) is 2.98. The van der Waals surface area contributed by atoms with Crippen LogP contribution in [0.4, 0.5) is 11.4 Å². The average molecular weight is 425 g/mol. The molecule has 9 heteroatoms. The fourth-order valence-corrected chi connectivity index (χ4v) is 2.98. The molecule has 0 saturated carbocycles. The molecule has 0 radical (unpaired) electrons. The highest BCUT2D eigenvalue weighted by atomic mass is 16.6. The van der Waals surface area contributed by atoms with Gasteiger partial charge in [-0.15, -0.1) is 0 Å². The van der Waals surface area contributed by atoms with Crippen LogP contribution in [0.1, 0.15) is 33.3 Å². The molecular weight excluding hydrogens is 402 g/mol. The first kappa shape index (κ1) is 21.8. The predicted molar refractivity (Wildman–Crippen MR) is 115 cm³/mol. The van der Waals surface area contributed by atoms with E-state index in [4.69, 9.17) is 9.47 Å². The lowest BCUT2D eigenvalue weighted by Crippen LogP contribution is -2.35. The first-order chi connectivity index (χ1) is 14.6. The Balaban J connectivity index is 2.06. The summed E-state index contributed by atoms with van der Waals surface area (Å²) < 4.78 is 11.3. The van der Waals surface area contributed by atoms with Gasteiger partial charge in [0.15, 0.2) is 5.75 Å². The minimum Gasteiger partial charge on any atom is -0.490 e. The minimum atomic E-state index is -0.700. The molecule has 2 amide bonds. The predicted octanol–water partition coefficient (Wildman–Crippen LogP) is 3.63. The summed E-state index contributed by atoms with van der Waals surface area (Å²) in [6.45, 7) is 7.29. The smallest absolute Gasteiger partial charge is 0.315 e. The van der Waals surface area contributed by atoms with Crippen LogP contribution in [0.25, 0.3) is 6.08 Å². The van der Waals surface area contributed by atoms with E-state index in [1.165, 1.54) is 18.2 Å². The van der Waals surface area contributed by atoms with Gasteiger partial charge in [0.1, 0.15) is 11.2 Å². The van der Waals surface area contributed by atoms with Gasteiger partial charge >= 0.3 is 5.69 Å². The molecule has 162 valence electrons. The Kier molecular flexibility index (Phi) is 5.96. The molecule has 0 atom stereocenters. The summed E-state index contributed by atoms with van der Waals surface area (Å²) in [5.74, 6) is -1.02. The number of nitro benzene ring substituents is 1. The van der Waals surface area contributed by atoms with Crippen LogP contribution >= 0.6 is 0 Å². The van der Waals surface area contributed by atoms with Gasteiger partial charge in [0.2, 0.25) is 5.75 Å². The molecule has 1 N–H and O–H groups in total. The molecule has 3 rings (SSSR count). The molecule has 0 spiro atoms. The molecule has 1 fully saturated rings. The molecule has 1 heterocycles. The molecule has 31 heavy (non-hydrogen) atoms. The number of carbonyl (C=O) groups is 2. The standard InChI is InChI=1S/C22H23N3O6/c1-5-30-18-13-14(12-17(25(28)29)19(18)31-22(2,3)4)11-16-20(26)23-24(21(16)27)15-9-7-6-8-10-15/h6-13H,5H2,1-4H3,(H,23,26). The first-order valence-electron chi connectivity index (χ1n) is 9.67. The number of nitro groups is 1. The largest absolute Gasteiger partial charge is 0.490 e. The van der Waals surface area contributed by atoms with Gasteiger partial charge in [0.25, 0.3) is 11.8 Å². The fraction of sp³-hybridized carbons (Fsp3) is 0.273. The number of para-hydroxylation sites is 1. The van der Waals surface area contributed by atoms with Gasteiger partial charge < -0.3 is 9.47 Å². The Morgan fingerprint density at radius 3 is 2.42 bits per heavy atom. The van der Waals surface area contributed by atoms with Gasteiger partial charge in [-0.1, -0.05) is 18.2 Å². The van der Waals surface area contributed by atoms with E-state index in [-0.39, 0.29) is 34.9 Å². The van der Waals surface area contributed by atoms with Crippen molar-refractivity contribution in [3.8, 4) is 11.5 Å². The van der Waals surface area contributed by atoms with Crippen molar-refractivity contribution in [3.63, 3.8) is 0 Å². The maximum absolute atomic E-state index is 12.8. The van der Waals surface area contributed by atoms with Crippen molar-refractivity contribution in [1.29, 1.82) is 0 Å². The van der Waals surface area contributed by atoms with Crippen molar-refractivity contribution in [2.24, 2.45) is 0 Å². The second-order valence-corrected chi connectivity index (χ2v) is 7.75. The summed E-state index contributed by atoms with van der Waals surface area (Å²) in [5, 5.41) is 12.8. The second kappa shape index (κ2) is 8.47. The molecule has 2 aromatic carbocycles. The number of rotatable bonds is 6. The summed E-state index contributed by atoms with van der Waals surface area (Å²) in [6, 6.07) is 11.4. The molecule has 0 bridgehead atoms. The van der Waals surface area contributed by atoms with Crippen molar-refractivity contribution in [2.75, 3.05) is 11.6 Å². The van der Waals surface area contributed by atoms with Crippen LogP contribution in [-0.2, 0) is 9.59 Å². The summed E-state index contributed by atoms with van der Waals surface area (Å²) in [7, 11) is 0. The molecular formula is C22H23N3O6. The zero-order valence-electron chi connectivity index (χ0n) is 17.7. The van der Waals surface area contributed by atoms with Crippen LogP contribution in [0.15, 0.2) is 48.0 Å². The lowest BCUT2D eigenvalue weighted by Gasteiger charge is -2.23. The van der Waals surface area contributed by atoms with E-state index in [1.807, 2.05) is 0 Å². The van der Waals surface area contributed by atoms with Crippen LogP contribution in [-0.4, -0.2) is 28.9 Å². The lowest BCUT2D eigenvalue weighted by molar-refractivity contribution is -0.386. The Bertz CT molecular complexity index is 1060. The van der Waals surface area contributed by atoms with Crippen LogP contribution in [0.5, 0.6) is 11.5 Å². The van der Waals surface area contributed by atoms with E-state index in [0.29, 0.717) is 5.69 Å². The Morgan fingerprint density at radius 1 is 1.16 bits per heavy atom.